The van der Waals surface area contributed by atoms with Crippen molar-refractivity contribution < 1.29 is 14.3 Å². The number of amides is 1. The number of hydrogen-bond donors (Lipinski definition) is 1. The molecule has 126 valence electrons. The van der Waals surface area contributed by atoms with Crippen molar-refractivity contribution in [1.29, 1.82) is 0 Å². The average molecular weight is 346 g/mol. The lowest BCUT2D eigenvalue weighted by Gasteiger charge is -2.37. The van der Waals surface area contributed by atoms with Crippen LogP contribution in [0, 0.1) is 0 Å². The van der Waals surface area contributed by atoms with Crippen molar-refractivity contribution in [2.24, 2.45) is 0 Å². The molecule has 0 radical (unpaired) electrons. The molecule has 24 heavy (non-hydrogen) atoms. The van der Waals surface area contributed by atoms with E-state index in [1.807, 2.05) is 38.1 Å². The Morgan fingerprint density at radius 3 is 2.71 bits per heavy atom. The van der Waals surface area contributed by atoms with Gasteiger partial charge in [-0.25, -0.2) is 0 Å². The second-order valence-electron chi connectivity index (χ2n) is 6.47. The molecule has 0 unspecified atom stereocenters. The SMILES string of the molecule is CC1(C)C[C@H](NC(=O)COc2ccc(Cl)cc2)c2ccccc2O1. The highest BCUT2D eigenvalue weighted by Crippen LogP contribution is 2.39. The summed E-state index contributed by atoms with van der Waals surface area (Å²) in [6, 6.07) is 14.6. The third-order valence-corrected chi connectivity index (χ3v) is 4.15. The molecule has 3 rings (SSSR count). The van der Waals surface area contributed by atoms with Crippen LogP contribution in [0.25, 0.3) is 0 Å². The predicted molar refractivity (Wildman–Crippen MR) is 93.6 cm³/mol. The number of carbonyl (C=O) groups is 1. The van der Waals surface area contributed by atoms with Gasteiger partial charge in [0.25, 0.3) is 5.91 Å². The Labute approximate surface area is 146 Å². The fourth-order valence-corrected chi connectivity index (χ4v) is 2.97. The normalized spacial score (nSPS) is 18.2. The zero-order chi connectivity index (χ0) is 17.2. The Kier molecular flexibility index (Phi) is 4.67. The van der Waals surface area contributed by atoms with Gasteiger partial charge in [0.1, 0.15) is 17.1 Å². The lowest BCUT2D eigenvalue weighted by atomic mass is 9.90. The third kappa shape index (κ3) is 4.01. The Balaban J connectivity index is 1.64. The van der Waals surface area contributed by atoms with E-state index < -0.39 is 0 Å². The van der Waals surface area contributed by atoms with E-state index >= 15 is 0 Å². The molecule has 0 fully saturated rings. The maximum absolute atomic E-state index is 12.3. The van der Waals surface area contributed by atoms with Crippen molar-refractivity contribution in [3.8, 4) is 11.5 Å². The Hall–Kier alpha value is -2.20. The lowest BCUT2D eigenvalue weighted by Crippen LogP contribution is -2.42. The van der Waals surface area contributed by atoms with Crippen LogP contribution in [0.4, 0.5) is 0 Å². The van der Waals surface area contributed by atoms with Crippen LogP contribution in [0.3, 0.4) is 0 Å². The second kappa shape index (κ2) is 6.73. The van der Waals surface area contributed by atoms with E-state index in [9.17, 15) is 4.79 Å². The summed E-state index contributed by atoms with van der Waals surface area (Å²) in [6.45, 7) is 4.00. The van der Waals surface area contributed by atoms with Crippen molar-refractivity contribution in [1.82, 2.24) is 5.32 Å². The number of ether oxygens (including phenoxy) is 2. The molecule has 1 atom stereocenters. The molecule has 0 spiro atoms. The summed E-state index contributed by atoms with van der Waals surface area (Å²) in [7, 11) is 0. The smallest absolute Gasteiger partial charge is 0.258 e. The molecule has 1 amide bonds. The zero-order valence-electron chi connectivity index (χ0n) is 13.7. The van der Waals surface area contributed by atoms with Gasteiger partial charge in [-0.1, -0.05) is 29.8 Å². The second-order valence-corrected chi connectivity index (χ2v) is 6.90. The third-order valence-electron chi connectivity index (χ3n) is 3.90. The van der Waals surface area contributed by atoms with Crippen molar-refractivity contribution in [3.63, 3.8) is 0 Å². The molecule has 5 heteroatoms. The molecule has 1 N–H and O–H groups in total. The number of benzene rings is 2. The van der Waals surface area contributed by atoms with Crippen LogP contribution in [0.15, 0.2) is 48.5 Å². The number of fused-ring (bicyclic) bond motifs is 1. The maximum Gasteiger partial charge on any atom is 0.258 e. The first-order chi connectivity index (χ1) is 11.4. The van der Waals surface area contributed by atoms with E-state index in [4.69, 9.17) is 21.1 Å². The van der Waals surface area contributed by atoms with E-state index in [0.717, 1.165) is 11.3 Å². The van der Waals surface area contributed by atoms with Gasteiger partial charge in [0.15, 0.2) is 6.61 Å². The van der Waals surface area contributed by atoms with Gasteiger partial charge in [0, 0.05) is 17.0 Å². The van der Waals surface area contributed by atoms with Crippen molar-refractivity contribution in [3.05, 3.63) is 59.1 Å². The summed E-state index contributed by atoms with van der Waals surface area (Å²) in [5.74, 6) is 1.27. The van der Waals surface area contributed by atoms with Crippen molar-refractivity contribution >= 4 is 17.5 Å². The van der Waals surface area contributed by atoms with Crippen molar-refractivity contribution in [2.45, 2.75) is 31.9 Å². The van der Waals surface area contributed by atoms with Crippen LogP contribution in [-0.2, 0) is 4.79 Å². The largest absolute Gasteiger partial charge is 0.487 e. The molecule has 2 aromatic rings. The highest BCUT2D eigenvalue weighted by atomic mass is 35.5. The highest BCUT2D eigenvalue weighted by Gasteiger charge is 2.34. The van der Waals surface area contributed by atoms with Gasteiger partial charge in [0.2, 0.25) is 0 Å². The molecule has 0 aromatic heterocycles. The summed E-state index contributed by atoms with van der Waals surface area (Å²) in [5.41, 5.74) is 0.667. The number of carbonyl (C=O) groups excluding carboxylic acids is 1. The first-order valence-corrected chi connectivity index (χ1v) is 8.26. The summed E-state index contributed by atoms with van der Waals surface area (Å²) in [4.78, 5) is 12.3. The molecule has 0 aliphatic carbocycles. The van der Waals surface area contributed by atoms with Crippen LogP contribution < -0.4 is 14.8 Å². The Morgan fingerprint density at radius 2 is 1.96 bits per heavy atom. The summed E-state index contributed by atoms with van der Waals surface area (Å²) >= 11 is 5.83. The van der Waals surface area contributed by atoms with Gasteiger partial charge in [-0.05, 0) is 44.2 Å². The number of nitrogens with one attached hydrogen (secondary N) is 1. The molecular weight excluding hydrogens is 326 g/mol. The Morgan fingerprint density at radius 1 is 1.25 bits per heavy atom. The first-order valence-electron chi connectivity index (χ1n) is 7.89. The monoisotopic (exact) mass is 345 g/mol. The highest BCUT2D eigenvalue weighted by molar-refractivity contribution is 6.30. The van der Waals surface area contributed by atoms with E-state index in [-0.39, 0.29) is 24.2 Å². The minimum atomic E-state index is -0.330. The van der Waals surface area contributed by atoms with Gasteiger partial charge < -0.3 is 14.8 Å². The van der Waals surface area contributed by atoms with Crippen LogP contribution in [0.5, 0.6) is 11.5 Å². The summed E-state index contributed by atoms with van der Waals surface area (Å²) in [6.07, 6.45) is 0.705. The van der Waals surface area contributed by atoms with E-state index in [1.54, 1.807) is 24.3 Å². The molecule has 1 heterocycles. The van der Waals surface area contributed by atoms with Crippen LogP contribution >= 0.6 is 11.6 Å². The van der Waals surface area contributed by atoms with Gasteiger partial charge in [-0.2, -0.15) is 0 Å². The molecule has 0 bridgehead atoms. The molecule has 1 aliphatic rings. The zero-order valence-corrected chi connectivity index (χ0v) is 14.5. The fraction of sp³-hybridized carbons (Fsp3) is 0.316. The van der Waals surface area contributed by atoms with Gasteiger partial charge >= 0.3 is 0 Å². The summed E-state index contributed by atoms with van der Waals surface area (Å²) in [5, 5.41) is 3.67. The number of hydrogen-bond acceptors (Lipinski definition) is 3. The molecule has 0 saturated heterocycles. The van der Waals surface area contributed by atoms with Gasteiger partial charge in [-0.3, -0.25) is 4.79 Å². The predicted octanol–water partition coefficient (Wildman–Crippen LogP) is 4.14. The van der Waals surface area contributed by atoms with E-state index in [0.29, 0.717) is 17.2 Å². The summed E-state index contributed by atoms with van der Waals surface area (Å²) < 4.78 is 11.5. The van der Waals surface area contributed by atoms with E-state index in [1.165, 1.54) is 0 Å². The van der Waals surface area contributed by atoms with Gasteiger partial charge in [-0.15, -0.1) is 0 Å². The van der Waals surface area contributed by atoms with Crippen molar-refractivity contribution in [2.75, 3.05) is 6.61 Å². The first kappa shape index (κ1) is 16.7. The van der Waals surface area contributed by atoms with Crippen LogP contribution in [0.1, 0.15) is 31.9 Å². The molecule has 0 saturated carbocycles. The minimum absolute atomic E-state index is 0.0401. The van der Waals surface area contributed by atoms with E-state index in [2.05, 4.69) is 5.32 Å². The van der Waals surface area contributed by atoms with Crippen LogP contribution in [0.2, 0.25) is 5.02 Å². The molecule has 4 nitrogen and oxygen atoms in total. The van der Waals surface area contributed by atoms with Gasteiger partial charge in [0.05, 0.1) is 6.04 Å². The number of para-hydroxylation sites is 1. The lowest BCUT2D eigenvalue weighted by molar-refractivity contribution is -0.124. The van der Waals surface area contributed by atoms with Crippen LogP contribution in [-0.4, -0.2) is 18.1 Å². The number of halogens is 1. The fourth-order valence-electron chi connectivity index (χ4n) is 2.85. The topological polar surface area (TPSA) is 47.6 Å². The molecular formula is C19H20ClNO3. The quantitative estimate of drug-likeness (QED) is 0.906. The average Bonchev–Trinajstić information content (AvgIpc) is 2.53. The number of rotatable bonds is 4. The molecule has 1 aliphatic heterocycles. The molecule has 2 aromatic carbocycles. The standard InChI is InChI=1S/C19H20ClNO3/c1-19(2)11-16(15-5-3-4-6-17(15)24-19)21-18(22)12-23-14-9-7-13(20)8-10-14/h3-10,16H,11-12H2,1-2H3,(H,21,22)/t16-/m0/s1. The maximum atomic E-state index is 12.3. The Bertz CT molecular complexity index is 728. The minimum Gasteiger partial charge on any atom is -0.487 e.